The lowest BCUT2D eigenvalue weighted by molar-refractivity contribution is -0.127. The summed E-state index contributed by atoms with van der Waals surface area (Å²) in [6, 6.07) is 0.363. The Morgan fingerprint density at radius 1 is 0.833 bits per heavy atom. The molecule has 0 aromatic heterocycles. The Bertz CT molecular complexity index is 370. The van der Waals surface area contributed by atoms with E-state index in [4.69, 9.17) is 0 Å². The topological polar surface area (TPSA) is 98.7 Å². The molecule has 0 unspecified atom stereocenters. The molecule has 24 heavy (non-hydrogen) atoms. The highest BCUT2D eigenvalue weighted by atomic mass is 16.3. The van der Waals surface area contributed by atoms with Gasteiger partial charge in [-0.3, -0.25) is 9.59 Å². The van der Waals surface area contributed by atoms with Gasteiger partial charge in [0.15, 0.2) is 0 Å². The number of aliphatic hydroxyl groups is 2. The first-order chi connectivity index (χ1) is 11.2. The SMILES string of the molecule is CC(C)C[C@H]1C[C@@H](O)CC(=O)N1.CC(C)C[C@H]1C[C@@H](O)CC(=O)N1. The molecule has 0 bridgehead atoms. The van der Waals surface area contributed by atoms with Crippen LogP contribution in [0.3, 0.4) is 0 Å². The van der Waals surface area contributed by atoms with Crippen molar-refractivity contribution in [2.75, 3.05) is 0 Å². The maximum Gasteiger partial charge on any atom is 0.222 e. The molecule has 0 aromatic carbocycles. The lowest BCUT2D eigenvalue weighted by Crippen LogP contribution is -2.44. The lowest BCUT2D eigenvalue weighted by atomic mass is 9.94. The molecule has 6 heteroatoms. The molecule has 2 amide bonds. The molecule has 0 radical (unpaired) electrons. The number of hydrogen-bond acceptors (Lipinski definition) is 4. The van der Waals surface area contributed by atoms with Gasteiger partial charge in [0.2, 0.25) is 11.8 Å². The molecule has 4 N–H and O–H groups in total. The van der Waals surface area contributed by atoms with Crippen LogP contribution >= 0.6 is 0 Å². The van der Waals surface area contributed by atoms with Crippen LogP contribution in [0.1, 0.15) is 66.2 Å². The van der Waals surface area contributed by atoms with Crippen LogP contribution in [0.25, 0.3) is 0 Å². The number of amides is 2. The number of carbonyl (C=O) groups excluding carboxylic acids is 2. The van der Waals surface area contributed by atoms with Crippen LogP contribution in [0.2, 0.25) is 0 Å². The lowest BCUT2D eigenvalue weighted by Gasteiger charge is -2.28. The molecule has 2 saturated heterocycles. The van der Waals surface area contributed by atoms with Gasteiger partial charge in [0.25, 0.3) is 0 Å². The first kappa shape index (κ1) is 20.9. The number of rotatable bonds is 4. The van der Waals surface area contributed by atoms with Crippen molar-refractivity contribution in [3.8, 4) is 0 Å². The van der Waals surface area contributed by atoms with Gasteiger partial charge in [-0.2, -0.15) is 0 Å². The molecule has 0 saturated carbocycles. The summed E-state index contributed by atoms with van der Waals surface area (Å²) >= 11 is 0. The predicted molar refractivity (Wildman–Crippen MR) is 93.3 cm³/mol. The zero-order chi connectivity index (χ0) is 18.3. The number of aliphatic hydroxyl groups excluding tert-OH is 2. The average Bonchev–Trinajstić information content (AvgIpc) is 2.34. The minimum Gasteiger partial charge on any atom is -0.393 e. The summed E-state index contributed by atoms with van der Waals surface area (Å²) in [7, 11) is 0. The summed E-state index contributed by atoms with van der Waals surface area (Å²) in [6.45, 7) is 8.47. The highest BCUT2D eigenvalue weighted by Crippen LogP contribution is 2.16. The van der Waals surface area contributed by atoms with E-state index in [1.807, 2.05) is 0 Å². The Morgan fingerprint density at radius 3 is 1.42 bits per heavy atom. The van der Waals surface area contributed by atoms with Crippen molar-refractivity contribution in [3.05, 3.63) is 0 Å². The maximum absolute atomic E-state index is 11.0. The Labute approximate surface area is 145 Å². The van der Waals surface area contributed by atoms with Gasteiger partial charge < -0.3 is 20.8 Å². The van der Waals surface area contributed by atoms with Crippen molar-refractivity contribution in [2.45, 2.75) is 90.5 Å². The quantitative estimate of drug-likeness (QED) is 0.620. The van der Waals surface area contributed by atoms with E-state index in [-0.39, 0.29) is 36.7 Å². The third kappa shape index (κ3) is 8.64. The summed E-state index contributed by atoms with van der Waals surface area (Å²) in [5.74, 6) is 1.11. The fraction of sp³-hybridized carbons (Fsp3) is 0.889. The molecule has 0 aliphatic carbocycles. The molecule has 2 fully saturated rings. The van der Waals surface area contributed by atoms with Crippen molar-refractivity contribution in [3.63, 3.8) is 0 Å². The van der Waals surface area contributed by atoms with Crippen molar-refractivity contribution in [1.29, 1.82) is 0 Å². The predicted octanol–water partition coefficient (Wildman–Crippen LogP) is 1.34. The number of hydrogen-bond donors (Lipinski definition) is 4. The van der Waals surface area contributed by atoms with E-state index in [0.717, 1.165) is 12.8 Å². The molecule has 2 rings (SSSR count). The van der Waals surface area contributed by atoms with Gasteiger partial charge in [0.1, 0.15) is 0 Å². The summed E-state index contributed by atoms with van der Waals surface area (Å²) in [5.41, 5.74) is 0. The highest BCUT2D eigenvalue weighted by molar-refractivity contribution is 5.78. The summed E-state index contributed by atoms with van der Waals surface area (Å²) in [6.07, 6.45) is 3.04. The second kappa shape index (κ2) is 9.99. The zero-order valence-corrected chi connectivity index (χ0v) is 15.4. The fourth-order valence-corrected chi connectivity index (χ4v) is 3.39. The van der Waals surface area contributed by atoms with Crippen molar-refractivity contribution >= 4 is 11.8 Å². The van der Waals surface area contributed by atoms with E-state index in [1.165, 1.54) is 0 Å². The Kier molecular flexibility index (Phi) is 8.70. The van der Waals surface area contributed by atoms with Gasteiger partial charge in [-0.25, -0.2) is 0 Å². The molecule has 140 valence electrons. The van der Waals surface area contributed by atoms with E-state index in [2.05, 4.69) is 38.3 Å². The summed E-state index contributed by atoms with van der Waals surface area (Å²) in [5, 5.41) is 24.4. The maximum atomic E-state index is 11.0. The van der Waals surface area contributed by atoms with Crippen molar-refractivity contribution < 1.29 is 19.8 Å². The van der Waals surface area contributed by atoms with Crippen LogP contribution < -0.4 is 10.6 Å². The van der Waals surface area contributed by atoms with Crippen LogP contribution in [0.4, 0.5) is 0 Å². The van der Waals surface area contributed by atoms with Crippen molar-refractivity contribution in [2.24, 2.45) is 11.8 Å². The molecule has 6 nitrogen and oxygen atoms in total. The monoisotopic (exact) mass is 342 g/mol. The largest absolute Gasteiger partial charge is 0.393 e. The fourth-order valence-electron chi connectivity index (χ4n) is 3.39. The molecule has 2 aliphatic heterocycles. The number of piperidine rings is 2. The van der Waals surface area contributed by atoms with Gasteiger partial charge in [-0.1, -0.05) is 27.7 Å². The highest BCUT2D eigenvalue weighted by Gasteiger charge is 2.25. The molecule has 0 aromatic rings. The van der Waals surface area contributed by atoms with Gasteiger partial charge in [0.05, 0.1) is 25.0 Å². The zero-order valence-electron chi connectivity index (χ0n) is 15.4. The molecular weight excluding hydrogens is 308 g/mol. The molecule has 2 aliphatic rings. The van der Waals surface area contributed by atoms with Crippen LogP contribution in [0, 0.1) is 11.8 Å². The second-order valence-corrected chi connectivity index (χ2v) is 7.98. The van der Waals surface area contributed by atoms with E-state index >= 15 is 0 Å². The van der Waals surface area contributed by atoms with Crippen LogP contribution in [0.15, 0.2) is 0 Å². The minimum absolute atomic E-state index is 0.0144. The third-order valence-electron chi connectivity index (χ3n) is 4.20. The smallest absolute Gasteiger partial charge is 0.222 e. The van der Waals surface area contributed by atoms with Gasteiger partial charge in [-0.05, 0) is 37.5 Å². The Balaban J connectivity index is 0.000000240. The third-order valence-corrected chi connectivity index (χ3v) is 4.20. The first-order valence-electron chi connectivity index (χ1n) is 9.10. The Morgan fingerprint density at radius 2 is 1.17 bits per heavy atom. The molecule has 0 spiro atoms. The van der Waals surface area contributed by atoms with E-state index in [9.17, 15) is 19.8 Å². The van der Waals surface area contributed by atoms with Crippen LogP contribution in [-0.2, 0) is 9.59 Å². The average molecular weight is 342 g/mol. The van der Waals surface area contributed by atoms with E-state index in [0.29, 0.717) is 24.7 Å². The van der Waals surface area contributed by atoms with Gasteiger partial charge in [0, 0.05) is 12.1 Å². The number of carbonyl (C=O) groups is 2. The first-order valence-corrected chi connectivity index (χ1v) is 9.10. The minimum atomic E-state index is -0.428. The molecule has 2 heterocycles. The Hall–Kier alpha value is -1.14. The van der Waals surface area contributed by atoms with Crippen LogP contribution in [0.5, 0.6) is 0 Å². The van der Waals surface area contributed by atoms with Crippen LogP contribution in [-0.4, -0.2) is 46.3 Å². The summed E-state index contributed by atoms with van der Waals surface area (Å²) < 4.78 is 0. The number of nitrogens with one attached hydrogen (secondary N) is 2. The molecular formula is C18H34N2O4. The van der Waals surface area contributed by atoms with Gasteiger partial charge in [-0.15, -0.1) is 0 Å². The van der Waals surface area contributed by atoms with Gasteiger partial charge >= 0.3 is 0 Å². The summed E-state index contributed by atoms with van der Waals surface area (Å²) in [4.78, 5) is 22.0. The normalized spacial score (nSPS) is 30.5. The molecule has 4 atom stereocenters. The van der Waals surface area contributed by atoms with E-state index in [1.54, 1.807) is 0 Å². The van der Waals surface area contributed by atoms with E-state index < -0.39 is 12.2 Å². The standard InChI is InChI=1S/2C9H17NO2/c2*1-6(2)3-7-4-8(11)5-9(12)10-7/h2*6-8,11H,3-5H2,1-2H3,(H,10,12)/t2*7-,8+/m00/s1. The second-order valence-electron chi connectivity index (χ2n) is 7.98. The van der Waals surface area contributed by atoms with Crippen molar-refractivity contribution in [1.82, 2.24) is 10.6 Å².